The maximum Gasteiger partial charge on any atom is 0.301 e. The number of methoxy groups -OCH3 is 1. The topological polar surface area (TPSA) is 122 Å². The molecule has 5 rings (SSSR count). The number of amides is 1. The minimum absolute atomic E-state index is 0.127. The Kier molecular flexibility index (Phi) is 8.22. The van der Waals surface area contributed by atoms with Crippen molar-refractivity contribution in [2.45, 2.75) is 23.1 Å². The van der Waals surface area contributed by atoms with Gasteiger partial charge in [-0.15, -0.1) is 10.2 Å². The second kappa shape index (κ2) is 12.0. The predicted octanol–water partition coefficient (Wildman–Crippen LogP) is 5.71. The summed E-state index contributed by atoms with van der Waals surface area (Å²) in [5.41, 5.74) is 1.44. The number of aliphatic hydroxyl groups is 1. The molecule has 3 aromatic carbocycles. The molecule has 2 heterocycles. The van der Waals surface area contributed by atoms with E-state index in [2.05, 4.69) is 10.2 Å². The lowest BCUT2D eigenvalue weighted by Gasteiger charge is -2.23. The molecule has 9 nitrogen and oxygen atoms in total. The van der Waals surface area contributed by atoms with Crippen molar-refractivity contribution >= 4 is 45.7 Å². The molecule has 210 valence electrons. The van der Waals surface area contributed by atoms with E-state index in [0.717, 1.165) is 16.9 Å². The number of ketones is 1. The quantitative estimate of drug-likeness (QED) is 0.0826. The molecular formula is C29H24FN3O6S2. The number of aromatic hydroxyl groups is 1. The summed E-state index contributed by atoms with van der Waals surface area (Å²) in [6.45, 7) is 2.31. The maximum atomic E-state index is 13.4. The number of carbonyl (C=O) groups is 2. The molecule has 1 amide bonds. The minimum Gasteiger partial charge on any atom is -0.507 e. The normalized spacial score (nSPS) is 16.3. The summed E-state index contributed by atoms with van der Waals surface area (Å²) in [6.07, 6.45) is 0. The average molecular weight is 594 g/mol. The molecule has 1 aliphatic rings. The molecule has 1 saturated heterocycles. The van der Waals surface area contributed by atoms with Crippen LogP contribution in [0.15, 0.2) is 76.6 Å². The van der Waals surface area contributed by atoms with Gasteiger partial charge in [-0.3, -0.25) is 14.5 Å². The summed E-state index contributed by atoms with van der Waals surface area (Å²) in [6, 6.07) is 15.9. The molecule has 0 radical (unpaired) electrons. The van der Waals surface area contributed by atoms with Crippen molar-refractivity contribution in [1.29, 1.82) is 0 Å². The number of anilines is 1. The zero-order chi connectivity index (χ0) is 29.1. The molecule has 12 heteroatoms. The number of thioether (sulfide) groups is 1. The van der Waals surface area contributed by atoms with Crippen LogP contribution < -0.4 is 14.4 Å². The fourth-order valence-electron chi connectivity index (χ4n) is 4.32. The van der Waals surface area contributed by atoms with Crippen molar-refractivity contribution in [1.82, 2.24) is 10.2 Å². The number of benzene rings is 3. The number of hydrogen-bond acceptors (Lipinski definition) is 10. The van der Waals surface area contributed by atoms with E-state index in [9.17, 15) is 24.2 Å². The Labute approximate surface area is 242 Å². The Morgan fingerprint density at radius 2 is 1.80 bits per heavy atom. The van der Waals surface area contributed by atoms with Crippen LogP contribution in [-0.2, 0) is 15.3 Å². The molecule has 0 bridgehead atoms. The SMILES string of the molecule is CCOc1ccc(/C(O)=C2/C(=O)C(=O)N(c3nnc(SCc4ccc(F)cc4)s3)C2c2ccc(O)c(OC)c2)cc1. The largest absolute Gasteiger partial charge is 0.507 e. The van der Waals surface area contributed by atoms with Crippen LogP contribution in [-0.4, -0.2) is 45.8 Å². The second-order valence-electron chi connectivity index (χ2n) is 8.82. The van der Waals surface area contributed by atoms with Gasteiger partial charge in [-0.25, -0.2) is 4.39 Å². The number of carbonyl (C=O) groups excluding carboxylic acids is 2. The van der Waals surface area contributed by atoms with E-state index in [0.29, 0.717) is 33.6 Å². The van der Waals surface area contributed by atoms with Crippen LogP contribution >= 0.6 is 23.1 Å². The zero-order valence-electron chi connectivity index (χ0n) is 21.9. The van der Waals surface area contributed by atoms with Crippen molar-refractivity contribution in [3.63, 3.8) is 0 Å². The molecule has 4 aromatic rings. The third-order valence-electron chi connectivity index (χ3n) is 6.28. The predicted molar refractivity (Wildman–Crippen MR) is 153 cm³/mol. The van der Waals surface area contributed by atoms with Gasteiger partial charge in [-0.1, -0.05) is 41.3 Å². The number of Topliss-reactive ketones (excluding diaryl/α,β-unsaturated/α-hetero) is 1. The van der Waals surface area contributed by atoms with Crippen LogP contribution in [0.1, 0.15) is 29.7 Å². The molecular weight excluding hydrogens is 569 g/mol. The number of aliphatic hydroxyl groups excluding tert-OH is 1. The Hall–Kier alpha value is -4.42. The molecule has 1 unspecified atom stereocenters. The van der Waals surface area contributed by atoms with Gasteiger partial charge in [0.05, 0.1) is 25.3 Å². The van der Waals surface area contributed by atoms with Crippen molar-refractivity contribution in [3.8, 4) is 17.2 Å². The third-order valence-corrected chi connectivity index (χ3v) is 8.41. The van der Waals surface area contributed by atoms with Gasteiger partial charge >= 0.3 is 5.91 Å². The van der Waals surface area contributed by atoms with Gasteiger partial charge in [0.25, 0.3) is 5.78 Å². The monoisotopic (exact) mass is 593 g/mol. The molecule has 0 spiro atoms. The molecule has 41 heavy (non-hydrogen) atoms. The highest BCUT2D eigenvalue weighted by Crippen LogP contribution is 2.45. The lowest BCUT2D eigenvalue weighted by atomic mass is 9.95. The van der Waals surface area contributed by atoms with Gasteiger partial charge < -0.3 is 19.7 Å². The van der Waals surface area contributed by atoms with Crippen LogP contribution in [0.4, 0.5) is 9.52 Å². The first-order chi connectivity index (χ1) is 19.8. The maximum absolute atomic E-state index is 13.4. The van der Waals surface area contributed by atoms with Gasteiger partial charge in [0.2, 0.25) is 5.13 Å². The summed E-state index contributed by atoms with van der Waals surface area (Å²) < 4.78 is 24.5. The highest BCUT2D eigenvalue weighted by molar-refractivity contribution is 8.00. The average Bonchev–Trinajstić information content (AvgIpc) is 3.55. The van der Waals surface area contributed by atoms with Gasteiger partial charge in [-0.05, 0) is 66.6 Å². The van der Waals surface area contributed by atoms with Gasteiger partial charge in [0, 0.05) is 11.3 Å². The van der Waals surface area contributed by atoms with Crippen molar-refractivity contribution < 1.29 is 33.7 Å². The van der Waals surface area contributed by atoms with Crippen LogP contribution in [0.3, 0.4) is 0 Å². The van der Waals surface area contributed by atoms with E-state index >= 15 is 0 Å². The first kappa shape index (κ1) is 28.1. The van der Waals surface area contributed by atoms with Crippen molar-refractivity contribution in [2.24, 2.45) is 0 Å². The number of halogens is 1. The zero-order valence-corrected chi connectivity index (χ0v) is 23.5. The summed E-state index contributed by atoms with van der Waals surface area (Å²) in [5, 5.41) is 30.0. The smallest absolute Gasteiger partial charge is 0.301 e. The number of rotatable bonds is 9. The Balaban J connectivity index is 1.55. The van der Waals surface area contributed by atoms with Crippen LogP contribution in [0, 0.1) is 5.82 Å². The summed E-state index contributed by atoms with van der Waals surface area (Å²) in [4.78, 5) is 28.1. The summed E-state index contributed by atoms with van der Waals surface area (Å²) in [5.74, 6) is -1.42. The van der Waals surface area contributed by atoms with E-state index in [1.54, 1.807) is 36.4 Å². The summed E-state index contributed by atoms with van der Waals surface area (Å²) >= 11 is 2.45. The Morgan fingerprint density at radius 1 is 1.07 bits per heavy atom. The fraction of sp³-hybridized carbons (Fsp3) is 0.172. The molecule has 0 saturated carbocycles. The second-order valence-corrected chi connectivity index (χ2v) is 11.0. The molecule has 1 aliphatic heterocycles. The number of nitrogens with zero attached hydrogens (tertiary/aromatic N) is 3. The standard InChI is InChI=1S/C29H24FN3O6S2/c1-3-39-20-11-6-17(7-12-20)25(35)23-24(18-8-13-21(34)22(14-18)38-2)33(27(37)26(23)36)28-31-32-29(41-28)40-15-16-4-9-19(30)10-5-16/h4-14,24,34-35H,3,15H2,1-2H3/b25-23-. The Morgan fingerprint density at radius 3 is 2.49 bits per heavy atom. The molecule has 2 N–H and O–H groups in total. The first-order valence-corrected chi connectivity index (χ1v) is 14.2. The Bertz CT molecular complexity index is 1620. The summed E-state index contributed by atoms with van der Waals surface area (Å²) in [7, 11) is 1.38. The van der Waals surface area contributed by atoms with Crippen LogP contribution in [0.5, 0.6) is 17.2 Å². The molecule has 0 aliphatic carbocycles. The lowest BCUT2D eigenvalue weighted by Crippen LogP contribution is -2.29. The van der Waals surface area contributed by atoms with E-state index in [-0.39, 0.29) is 33.8 Å². The fourth-order valence-corrected chi connectivity index (χ4v) is 6.15. The van der Waals surface area contributed by atoms with E-state index in [1.165, 1.54) is 54.1 Å². The van der Waals surface area contributed by atoms with Crippen molar-refractivity contribution in [3.05, 3.63) is 94.8 Å². The van der Waals surface area contributed by atoms with Crippen LogP contribution in [0.2, 0.25) is 0 Å². The van der Waals surface area contributed by atoms with Crippen molar-refractivity contribution in [2.75, 3.05) is 18.6 Å². The van der Waals surface area contributed by atoms with E-state index < -0.39 is 17.7 Å². The van der Waals surface area contributed by atoms with E-state index in [4.69, 9.17) is 9.47 Å². The lowest BCUT2D eigenvalue weighted by molar-refractivity contribution is -0.132. The third kappa shape index (κ3) is 5.74. The number of phenolic OH excluding ortho intramolecular Hbond substituents is 1. The number of ether oxygens (including phenoxy) is 2. The highest BCUT2D eigenvalue weighted by atomic mass is 32.2. The van der Waals surface area contributed by atoms with Gasteiger partial charge in [0.1, 0.15) is 17.3 Å². The van der Waals surface area contributed by atoms with Gasteiger partial charge in [0.15, 0.2) is 15.8 Å². The molecule has 1 atom stereocenters. The van der Waals surface area contributed by atoms with Crippen LogP contribution in [0.25, 0.3) is 5.76 Å². The van der Waals surface area contributed by atoms with E-state index in [1.807, 2.05) is 6.92 Å². The number of phenols is 1. The van der Waals surface area contributed by atoms with Gasteiger partial charge in [-0.2, -0.15) is 0 Å². The number of aromatic nitrogens is 2. The minimum atomic E-state index is -1.08. The highest BCUT2D eigenvalue weighted by Gasteiger charge is 2.48. The number of hydrogen-bond donors (Lipinski definition) is 2. The molecule has 1 aromatic heterocycles. The first-order valence-electron chi connectivity index (χ1n) is 12.4. The molecule has 1 fully saturated rings.